The van der Waals surface area contributed by atoms with Crippen LogP contribution in [0.1, 0.15) is 26.3 Å². The van der Waals surface area contributed by atoms with Crippen molar-refractivity contribution in [1.82, 2.24) is 0 Å². The molecule has 0 bridgehead atoms. The van der Waals surface area contributed by atoms with Gasteiger partial charge in [-0.1, -0.05) is 20.8 Å². The van der Waals surface area contributed by atoms with Gasteiger partial charge in [0.15, 0.2) is 0 Å². The summed E-state index contributed by atoms with van der Waals surface area (Å²) < 4.78 is 11.1. The second-order valence-electron chi connectivity index (χ2n) is 5.74. The van der Waals surface area contributed by atoms with Crippen molar-refractivity contribution >= 4 is 0 Å². The Hall–Kier alpha value is -2.16. The molecule has 0 amide bonds. The molecule has 2 rings (SSSR count). The van der Waals surface area contributed by atoms with Crippen molar-refractivity contribution in [3.8, 4) is 23.0 Å². The predicted molar refractivity (Wildman–Crippen MR) is 79.9 cm³/mol. The molecule has 3 nitrogen and oxygen atoms in total. The van der Waals surface area contributed by atoms with E-state index in [2.05, 4.69) is 20.8 Å². The molecule has 0 heterocycles. The highest BCUT2D eigenvalue weighted by molar-refractivity contribution is 5.43. The molecule has 0 aliphatic heterocycles. The van der Waals surface area contributed by atoms with Crippen LogP contribution in [0.4, 0.5) is 0 Å². The minimum Gasteiger partial charge on any atom is -0.508 e. The molecule has 0 fully saturated rings. The fourth-order valence-electron chi connectivity index (χ4n) is 1.83. The molecule has 0 radical (unpaired) electrons. The number of rotatable bonds is 3. The summed E-state index contributed by atoms with van der Waals surface area (Å²) in [5.41, 5.74) is 1.16. The first kappa shape index (κ1) is 14.3. The topological polar surface area (TPSA) is 38.7 Å². The summed E-state index contributed by atoms with van der Waals surface area (Å²) in [4.78, 5) is 0. The van der Waals surface area contributed by atoms with E-state index in [0.717, 1.165) is 17.1 Å². The Bertz CT molecular complexity index is 580. The lowest BCUT2D eigenvalue weighted by Crippen LogP contribution is -2.11. The zero-order valence-electron chi connectivity index (χ0n) is 12.3. The third-order valence-corrected chi connectivity index (χ3v) is 3.05. The van der Waals surface area contributed by atoms with Crippen molar-refractivity contribution < 1.29 is 14.6 Å². The highest BCUT2D eigenvalue weighted by atomic mass is 16.5. The molecule has 20 heavy (non-hydrogen) atoms. The normalized spacial score (nSPS) is 11.2. The van der Waals surface area contributed by atoms with Crippen molar-refractivity contribution in [1.29, 1.82) is 0 Å². The first-order valence-corrected chi connectivity index (χ1v) is 6.55. The smallest absolute Gasteiger partial charge is 0.131 e. The van der Waals surface area contributed by atoms with Gasteiger partial charge in [-0.15, -0.1) is 0 Å². The van der Waals surface area contributed by atoms with E-state index in [4.69, 9.17) is 9.47 Å². The molecule has 0 saturated carbocycles. The molecule has 0 atom stereocenters. The molecule has 0 aliphatic rings. The van der Waals surface area contributed by atoms with Crippen LogP contribution in [0.15, 0.2) is 42.5 Å². The standard InChI is InChI=1S/C17H20O3/c1-17(2,3)12-9-15(19-4)11-16(10-12)20-14-7-5-13(18)6-8-14/h5-11,18H,1-4H3. The minimum atomic E-state index is 0.0155. The van der Waals surface area contributed by atoms with E-state index in [1.54, 1.807) is 31.4 Å². The Labute approximate surface area is 119 Å². The summed E-state index contributed by atoms with van der Waals surface area (Å²) in [5.74, 6) is 2.39. The third kappa shape index (κ3) is 3.44. The Morgan fingerprint density at radius 2 is 1.45 bits per heavy atom. The molecule has 106 valence electrons. The van der Waals surface area contributed by atoms with Gasteiger partial charge < -0.3 is 14.6 Å². The number of methoxy groups -OCH3 is 1. The second kappa shape index (κ2) is 5.45. The Morgan fingerprint density at radius 1 is 0.850 bits per heavy atom. The quantitative estimate of drug-likeness (QED) is 0.894. The van der Waals surface area contributed by atoms with Crippen LogP contribution in [-0.4, -0.2) is 12.2 Å². The lowest BCUT2D eigenvalue weighted by atomic mass is 9.87. The first-order chi connectivity index (χ1) is 9.38. The SMILES string of the molecule is COc1cc(Oc2ccc(O)cc2)cc(C(C)(C)C)c1. The van der Waals surface area contributed by atoms with Crippen molar-refractivity contribution in [2.24, 2.45) is 0 Å². The van der Waals surface area contributed by atoms with Gasteiger partial charge in [-0.2, -0.15) is 0 Å². The Kier molecular flexibility index (Phi) is 3.89. The number of aromatic hydroxyl groups is 1. The summed E-state index contributed by atoms with van der Waals surface area (Å²) in [7, 11) is 1.64. The molecule has 0 unspecified atom stereocenters. The zero-order chi connectivity index (χ0) is 14.8. The number of phenols is 1. The van der Waals surface area contributed by atoms with E-state index in [0.29, 0.717) is 5.75 Å². The van der Waals surface area contributed by atoms with Gasteiger partial charge in [-0.3, -0.25) is 0 Å². The van der Waals surface area contributed by atoms with Crippen LogP contribution in [0.2, 0.25) is 0 Å². The van der Waals surface area contributed by atoms with Crippen molar-refractivity contribution in [3.05, 3.63) is 48.0 Å². The first-order valence-electron chi connectivity index (χ1n) is 6.55. The molecule has 2 aromatic rings. The van der Waals surface area contributed by atoms with Crippen LogP contribution in [-0.2, 0) is 5.41 Å². The molecule has 3 heteroatoms. The van der Waals surface area contributed by atoms with E-state index >= 15 is 0 Å². The maximum atomic E-state index is 9.28. The average Bonchev–Trinajstić information content (AvgIpc) is 2.40. The Morgan fingerprint density at radius 3 is 2.00 bits per heavy atom. The van der Waals surface area contributed by atoms with Gasteiger partial charge in [0.1, 0.15) is 23.0 Å². The molecule has 2 aromatic carbocycles. The Balaban J connectivity index is 2.33. The summed E-state index contributed by atoms with van der Waals surface area (Å²) in [5, 5.41) is 9.28. The fourth-order valence-corrected chi connectivity index (χ4v) is 1.83. The van der Waals surface area contributed by atoms with Gasteiger partial charge >= 0.3 is 0 Å². The van der Waals surface area contributed by atoms with E-state index < -0.39 is 0 Å². The number of ether oxygens (including phenoxy) is 2. The molecule has 0 spiro atoms. The van der Waals surface area contributed by atoms with Crippen molar-refractivity contribution in [2.45, 2.75) is 26.2 Å². The number of phenolic OH excluding ortho intramolecular Hbond substituents is 1. The van der Waals surface area contributed by atoms with Crippen LogP contribution >= 0.6 is 0 Å². The molecule has 0 aromatic heterocycles. The van der Waals surface area contributed by atoms with Gasteiger partial charge in [0.25, 0.3) is 0 Å². The predicted octanol–water partition coefficient (Wildman–Crippen LogP) is 4.49. The number of hydrogen-bond donors (Lipinski definition) is 1. The highest BCUT2D eigenvalue weighted by Crippen LogP contribution is 2.33. The largest absolute Gasteiger partial charge is 0.508 e. The molecular formula is C17H20O3. The fraction of sp³-hybridized carbons (Fsp3) is 0.294. The lowest BCUT2D eigenvalue weighted by Gasteiger charge is -2.21. The summed E-state index contributed by atoms with van der Waals surface area (Å²) in [6.45, 7) is 6.43. The third-order valence-electron chi connectivity index (χ3n) is 3.05. The van der Waals surface area contributed by atoms with Gasteiger partial charge in [0, 0.05) is 6.07 Å². The lowest BCUT2D eigenvalue weighted by molar-refractivity contribution is 0.406. The summed E-state index contributed by atoms with van der Waals surface area (Å²) >= 11 is 0. The van der Waals surface area contributed by atoms with E-state index in [-0.39, 0.29) is 11.2 Å². The van der Waals surface area contributed by atoms with Gasteiger partial charge in [-0.05, 0) is 47.4 Å². The van der Waals surface area contributed by atoms with Gasteiger partial charge in [0.2, 0.25) is 0 Å². The second-order valence-corrected chi connectivity index (χ2v) is 5.74. The average molecular weight is 272 g/mol. The molecule has 0 saturated heterocycles. The minimum absolute atomic E-state index is 0.0155. The van der Waals surface area contributed by atoms with Gasteiger partial charge in [-0.25, -0.2) is 0 Å². The van der Waals surface area contributed by atoms with Gasteiger partial charge in [0.05, 0.1) is 7.11 Å². The number of benzene rings is 2. The van der Waals surface area contributed by atoms with Crippen LogP contribution < -0.4 is 9.47 Å². The maximum Gasteiger partial charge on any atom is 0.131 e. The van der Waals surface area contributed by atoms with Crippen LogP contribution in [0.25, 0.3) is 0 Å². The van der Waals surface area contributed by atoms with Crippen LogP contribution in [0.3, 0.4) is 0 Å². The summed E-state index contributed by atoms with van der Waals surface area (Å²) in [6.07, 6.45) is 0. The van der Waals surface area contributed by atoms with E-state index in [1.807, 2.05) is 18.2 Å². The van der Waals surface area contributed by atoms with E-state index in [1.165, 1.54) is 0 Å². The molecule has 1 N–H and O–H groups in total. The number of hydrogen-bond acceptors (Lipinski definition) is 3. The highest BCUT2D eigenvalue weighted by Gasteiger charge is 2.16. The van der Waals surface area contributed by atoms with Crippen molar-refractivity contribution in [2.75, 3.05) is 7.11 Å². The summed E-state index contributed by atoms with van der Waals surface area (Å²) in [6, 6.07) is 12.5. The van der Waals surface area contributed by atoms with E-state index in [9.17, 15) is 5.11 Å². The van der Waals surface area contributed by atoms with Crippen molar-refractivity contribution in [3.63, 3.8) is 0 Å². The monoisotopic (exact) mass is 272 g/mol. The molecule has 0 aliphatic carbocycles. The van der Waals surface area contributed by atoms with Crippen LogP contribution in [0.5, 0.6) is 23.0 Å². The maximum absolute atomic E-state index is 9.28. The zero-order valence-corrected chi connectivity index (χ0v) is 12.3. The van der Waals surface area contributed by atoms with Crippen LogP contribution in [0, 0.1) is 0 Å². The molecular weight excluding hydrogens is 252 g/mol.